The molecule has 0 aliphatic carbocycles. The molecule has 2 aliphatic rings. The zero-order chi connectivity index (χ0) is 22.6. The van der Waals surface area contributed by atoms with Crippen molar-refractivity contribution in [2.24, 2.45) is 11.0 Å². The van der Waals surface area contributed by atoms with E-state index in [0.717, 1.165) is 49.4 Å². The van der Waals surface area contributed by atoms with Crippen LogP contribution in [0.25, 0.3) is 0 Å². The van der Waals surface area contributed by atoms with Gasteiger partial charge in [-0.2, -0.15) is 5.10 Å². The van der Waals surface area contributed by atoms with Gasteiger partial charge in [0.1, 0.15) is 11.8 Å². The van der Waals surface area contributed by atoms with Crippen molar-refractivity contribution < 1.29 is 9.21 Å². The summed E-state index contributed by atoms with van der Waals surface area (Å²) in [6.07, 6.45) is 5.71. The Morgan fingerprint density at radius 3 is 2.45 bits per heavy atom. The highest BCUT2D eigenvalue weighted by Crippen LogP contribution is 2.33. The van der Waals surface area contributed by atoms with Crippen LogP contribution >= 0.6 is 0 Å². The van der Waals surface area contributed by atoms with Gasteiger partial charge in [-0.15, -0.1) is 0 Å². The Morgan fingerprint density at radius 1 is 1.00 bits per heavy atom. The number of likely N-dealkylation sites (tertiary alicyclic amines) is 1. The average molecular weight is 442 g/mol. The number of hydrazone groups is 1. The van der Waals surface area contributed by atoms with Crippen molar-refractivity contribution in [3.63, 3.8) is 0 Å². The maximum Gasteiger partial charge on any atom is 0.257 e. The standard InChI is InChI=1S/C28H31N3O2/c1-21-9-11-24(12-10-21)25-19-26(27-8-5-17-33-27)31(29-25)28(32)20-30-15-13-23(14-16-30)18-22-6-3-2-4-7-22/h2-12,17,23,26H,13-16,18-20H2,1H3. The molecule has 5 nitrogen and oxygen atoms in total. The summed E-state index contributed by atoms with van der Waals surface area (Å²) in [4.78, 5) is 15.6. The Hall–Kier alpha value is -3.18. The topological polar surface area (TPSA) is 49.1 Å². The maximum absolute atomic E-state index is 13.4. The van der Waals surface area contributed by atoms with Crippen LogP contribution in [-0.2, 0) is 11.2 Å². The van der Waals surface area contributed by atoms with Crippen LogP contribution in [0.2, 0.25) is 0 Å². The average Bonchev–Trinajstić information content (AvgIpc) is 3.52. The Morgan fingerprint density at radius 2 is 1.76 bits per heavy atom. The van der Waals surface area contributed by atoms with Gasteiger partial charge in [-0.1, -0.05) is 60.2 Å². The molecule has 1 fully saturated rings. The monoisotopic (exact) mass is 441 g/mol. The molecule has 1 saturated heterocycles. The molecule has 2 aromatic carbocycles. The molecular formula is C28H31N3O2. The third kappa shape index (κ3) is 5.09. The summed E-state index contributed by atoms with van der Waals surface area (Å²) in [7, 11) is 0. The summed E-state index contributed by atoms with van der Waals surface area (Å²) in [6, 6.07) is 22.7. The quantitative estimate of drug-likeness (QED) is 0.527. The Kier molecular flexibility index (Phi) is 6.40. The van der Waals surface area contributed by atoms with Crippen LogP contribution in [0.5, 0.6) is 0 Å². The molecule has 170 valence electrons. The van der Waals surface area contributed by atoms with Crippen LogP contribution in [0.15, 0.2) is 82.5 Å². The highest BCUT2D eigenvalue weighted by Gasteiger charge is 2.35. The van der Waals surface area contributed by atoms with Crippen LogP contribution in [0.1, 0.15) is 47.8 Å². The normalized spacial score (nSPS) is 19.6. The van der Waals surface area contributed by atoms with Crippen LogP contribution in [0.4, 0.5) is 0 Å². The second kappa shape index (κ2) is 9.75. The Labute approximate surface area is 195 Å². The zero-order valence-corrected chi connectivity index (χ0v) is 19.2. The fraction of sp³-hybridized carbons (Fsp3) is 0.357. The molecular weight excluding hydrogens is 410 g/mol. The van der Waals surface area contributed by atoms with E-state index < -0.39 is 0 Å². The predicted molar refractivity (Wildman–Crippen MR) is 130 cm³/mol. The first-order valence-corrected chi connectivity index (χ1v) is 11.9. The lowest BCUT2D eigenvalue weighted by Gasteiger charge is -2.32. The van der Waals surface area contributed by atoms with Gasteiger partial charge in [0.25, 0.3) is 5.91 Å². The predicted octanol–water partition coefficient (Wildman–Crippen LogP) is 5.22. The lowest BCUT2D eigenvalue weighted by Crippen LogP contribution is -2.42. The number of aryl methyl sites for hydroxylation is 1. The van der Waals surface area contributed by atoms with E-state index in [2.05, 4.69) is 66.4 Å². The number of hydrogen-bond acceptors (Lipinski definition) is 4. The number of nitrogens with zero attached hydrogens (tertiary/aromatic N) is 3. The summed E-state index contributed by atoms with van der Waals surface area (Å²) < 4.78 is 5.68. The van der Waals surface area contributed by atoms with Gasteiger partial charge in [0, 0.05) is 6.42 Å². The molecule has 0 spiro atoms. The van der Waals surface area contributed by atoms with Gasteiger partial charge in [-0.3, -0.25) is 9.69 Å². The van der Waals surface area contributed by atoms with E-state index >= 15 is 0 Å². The molecule has 3 aromatic rings. The number of carbonyl (C=O) groups excluding carboxylic acids is 1. The SMILES string of the molecule is Cc1ccc(C2=NN(C(=O)CN3CCC(Cc4ccccc4)CC3)C(c3ccco3)C2)cc1. The van der Waals surface area contributed by atoms with E-state index in [1.165, 1.54) is 11.1 Å². The van der Waals surface area contributed by atoms with Crippen molar-refractivity contribution in [1.82, 2.24) is 9.91 Å². The molecule has 1 amide bonds. The fourth-order valence-electron chi connectivity index (χ4n) is 4.92. The second-order valence-electron chi connectivity index (χ2n) is 9.30. The van der Waals surface area contributed by atoms with E-state index in [1.54, 1.807) is 11.3 Å². The first-order chi connectivity index (χ1) is 16.2. The number of amides is 1. The van der Waals surface area contributed by atoms with Crippen LogP contribution < -0.4 is 0 Å². The largest absolute Gasteiger partial charge is 0.467 e. The molecule has 2 aliphatic heterocycles. The minimum atomic E-state index is -0.181. The first-order valence-electron chi connectivity index (χ1n) is 11.9. The first kappa shape index (κ1) is 21.7. The van der Waals surface area contributed by atoms with Gasteiger partial charge in [0.2, 0.25) is 0 Å². The fourth-order valence-corrected chi connectivity index (χ4v) is 4.92. The van der Waals surface area contributed by atoms with Crippen LogP contribution in [-0.4, -0.2) is 41.2 Å². The highest BCUT2D eigenvalue weighted by atomic mass is 16.3. The van der Waals surface area contributed by atoms with Gasteiger partial charge in [-0.05, 0) is 68.5 Å². The molecule has 1 aromatic heterocycles. The van der Waals surface area contributed by atoms with Crippen molar-refractivity contribution >= 4 is 11.6 Å². The number of furan rings is 1. The van der Waals surface area contributed by atoms with Crippen molar-refractivity contribution in [2.75, 3.05) is 19.6 Å². The van der Waals surface area contributed by atoms with E-state index in [0.29, 0.717) is 18.9 Å². The number of benzene rings is 2. The van der Waals surface area contributed by atoms with E-state index in [9.17, 15) is 4.79 Å². The van der Waals surface area contributed by atoms with Crippen molar-refractivity contribution in [2.45, 2.75) is 38.6 Å². The molecule has 1 atom stereocenters. The summed E-state index contributed by atoms with van der Waals surface area (Å²) in [5.41, 5.74) is 4.62. The third-order valence-corrected chi connectivity index (χ3v) is 6.86. The number of piperidine rings is 1. The van der Waals surface area contributed by atoms with Gasteiger partial charge in [0.05, 0.1) is 18.5 Å². The van der Waals surface area contributed by atoms with Crippen LogP contribution in [0.3, 0.4) is 0 Å². The maximum atomic E-state index is 13.4. The van der Waals surface area contributed by atoms with Gasteiger partial charge in [-0.25, -0.2) is 5.01 Å². The molecule has 0 N–H and O–H groups in total. The Balaban J connectivity index is 1.23. The smallest absolute Gasteiger partial charge is 0.257 e. The van der Waals surface area contributed by atoms with Crippen molar-refractivity contribution in [3.05, 3.63) is 95.4 Å². The molecule has 5 rings (SSSR count). The molecule has 0 saturated carbocycles. The van der Waals surface area contributed by atoms with E-state index in [4.69, 9.17) is 9.52 Å². The summed E-state index contributed by atoms with van der Waals surface area (Å²) >= 11 is 0. The molecule has 3 heterocycles. The minimum Gasteiger partial charge on any atom is -0.467 e. The lowest BCUT2D eigenvalue weighted by atomic mass is 9.90. The summed E-state index contributed by atoms with van der Waals surface area (Å²) in [5, 5.41) is 6.43. The number of carbonyl (C=O) groups is 1. The minimum absolute atomic E-state index is 0.0417. The van der Waals surface area contributed by atoms with E-state index in [-0.39, 0.29) is 11.9 Å². The highest BCUT2D eigenvalue weighted by molar-refractivity contribution is 6.03. The van der Waals surface area contributed by atoms with Gasteiger partial charge < -0.3 is 4.42 Å². The van der Waals surface area contributed by atoms with Gasteiger partial charge >= 0.3 is 0 Å². The van der Waals surface area contributed by atoms with Crippen molar-refractivity contribution in [1.29, 1.82) is 0 Å². The van der Waals surface area contributed by atoms with Gasteiger partial charge in [0.15, 0.2) is 0 Å². The third-order valence-electron chi connectivity index (χ3n) is 6.86. The second-order valence-corrected chi connectivity index (χ2v) is 9.30. The molecule has 0 bridgehead atoms. The summed E-state index contributed by atoms with van der Waals surface area (Å²) in [5.74, 6) is 1.52. The molecule has 5 heteroatoms. The molecule has 1 unspecified atom stereocenters. The number of rotatable bonds is 6. The molecule has 33 heavy (non-hydrogen) atoms. The van der Waals surface area contributed by atoms with Crippen molar-refractivity contribution in [3.8, 4) is 0 Å². The van der Waals surface area contributed by atoms with Crippen LogP contribution in [0, 0.1) is 12.8 Å². The zero-order valence-electron chi connectivity index (χ0n) is 19.2. The Bertz CT molecular complexity index is 1080. The lowest BCUT2D eigenvalue weighted by molar-refractivity contribution is -0.135. The van der Waals surface area contributed by atoms with E-state index in [1.807, 2.05) is 12.1 Å². The number of hydrogen-bond donors (Lipinski definition) is 0. The summed E-state index contributed by atoms with van der Waals surface area (Å²) in [6.45, 7) is 4.39. The molecule has 0 radical (unpaired) electrons.